The molecule has 2 atom stereocenters. The first-order valence-electron chi connectivity index (χ1n) is 9.33. The SMILES string of the molecule is COC(=O)C(C(=O)OC)[C@@H](C)/C=C/[C@@H](OC(=O)c1ccc(Cl)cc1Cl)c1ccccc1. The molecule has 164 valence electrons. The number of rotatable bonds is 8. The lowest BCUT2D eigenvalue weighted by Crippen LogP contribution is -2.31. The van der Waals surface area contributed by atoms with Gasteiger partial charge in [-0.2, -0.15) is 0 Å². The van der Waals surface area contributed by atoms with Crippen LogP contribution in [0.5, 0.6) is 0 Å². The van der Waals surface area contributed by atoms with Crippen LogP contribution >= 0.6 is 23.2 Å². The van der Waals surface area contributed by atoms with Crippen molar-refractivity contribution in [3.63, 3.8) is 0 Å². The lowest BCUT2D eigenvalue weighted by Gasteiger charge is -2.19. The fourth-order valence-electron chi connectivity index (χ4n) is 2.86. The van der Waals surface area contributed by atoms with Crippen LogP contribution in [0.25, 0.3) is 0 Å². The summed E-state index contributed by atoms with van der Waals surface area (Å²) in [5.74, 6) is -3.81. The number of ether oxygens (including phenoxy) is 3. The first-order chi connectivity index (χ1) is 14.8. The van der Waals surface area contributed by atoms with Crippen LogP contribution in [-0.4, -0.2) is 32.1 Å². The molecule has 0 amide bonds. The van der Waals surface area contributed by atoms with Gasteiger partial charge in [-0.25, -0.2) is 4.79 Å². The zero-order chi connectivity index (χ0) is 23.0. The molecule has 2 aromatic carbocycles. The van der Waals surface area contributed by atoms with E-state index in [9.17, 15) is 14.4 Å². The highest BCUT2D eigenvalue weighted by atomic mass is 35.5. The van der Waals surface area contributed by atoms with Gasteiger partial charge in [0.15, 0.2) is 5.92 Å². The van der Waals surface area contributed by atoms with Crippen molar-refractivity contribution in [3.8, 4) is 0 Å². The van der Waals surface area contributed by atoms with Crippen molar-refractivity contribution in [2.75, 3.05) is 14.2 Å². The fourth-order valence-corrected chi connectivity index (χ4v) is 3.35. The summed E-state index contributed by atoms with van der Waals surface area (Å²) in [7, 11) is 2.39. The topological polar surface area (TPSA) is 78.9 Å². The molecule has 0 aliphatic carbocycles. The van der Waals surface area contributed by atoms with Gasteiger partial charge in [0.25, 0.3) is 0 Å². The Labute approximate surface area is 190 Å². The van der Waals surface area contributed by atoms with Gasteiger partial charge < -0.3 is 14.2 Å². The summed E-state index contributed by atoms with van der Waals surface area (Å²) in [6, 6.07) is 13.5. The standard InChI is InChI=1S/C23H22Cl2O6/c1-14(20(22(27)29-2)23(28)30-3)9-12-19(15-7-5-4-6-8-15)31-21(26)17-11-10-16(24)13-18(17)25/h4-14,19-20H,1-3H3/b12-9+/t14-,19+/m0/s1. The van der Waals surface area contributed by atoms with E-state index >= 15 is 0 Å². The van der Waals surface area contributed by atoms with Crippen LogP contribution in [-0.2, 0) is 23.8 Å². The molecule has 0 spiro atoms. The highest BCUT2D eigenvalue weighted by molar-refractivity contribution is 6.36. The minimum absolute atomic E-state index is 0.162. The maximum Gasteiger partial charge on any atom is 0.340 e. The minimum Gasteiger partial charge on any atom is -0.468 e. The second kappa shape index (κ2) is 11.5. The number of hydrogen-bond donors (Lipinski definition) is 0. The predicted molar refractivity (Wildman–Crippen MR) is 117 cm³/mol. The Morgan fingerprint density at radius 2 is 1.52 bits per heavy atom. The molecule has 0 aliphatic heterocycles. The first-order valence-corrected chi connectivity index (χ1v) is 10.1. The molecule has 8 heteroatoms. The molecular weight excluding hydrogens is 443 g/mol. The summed E-state index contributed by atoms with van der Waals surface area (Å²) in [5, 5.41) is 0.560. The summed E-state index contributed by atoms with van der Waals surface area (Å²) in [6.07, 6.45) is 2.41. The monoisotopic (exact) mass is 464 g/mol. The highest BCUT2D eigenvalue weighted by Gasteiger charge is 2.33. The van der Waals surface area contributed by atoms with E-state index in [1.54, 1.807) is 43.3 Å². The van der Waals surface area contributed by atoms with Crippen LogP contribution in [0.2, 0.25) is 10.0 Å². The molecule has 0 N–H and O–H groups in total. The maximum atomic E-state index is 12.7. The van der Waals surface area contributed by atoms with Gasteiger partial charge >= 0.3 is 17.9 Å². The Morgan fingerprint density at radius 1 is 0.903 bits per heavy atom. The molecule has 0 heterocycles. The third-order valence-electron chi connectivity index (χ3n) is 4.54. The Balaban J connectivity index is 2.31. The Morgan fingerprint density at radius 3 is 2.06 bits per heavy atom. The van der Waals surface area contributed by atoms with Gasteiger partial charge in [0.1, 0.15) is 6.10 Å². The van der Waals surface area contributed by atoms with Crippen molar-refractivity contribution < 1.29 is 28.6 Å². The van der Waals surface area contributed by atoms with Gasteiger partial charge in [-0.05, 0) is 35.8 Å². The molecule has 2 aromatic rings. The zero-order valence-electron chi connectivity index (χ0n) is 17.2. The van der Waals surface area contributed by atoms with Crippen molar-refractivity contribution in [1.82, 2.24) is 0 Å². The number of halogens is 2. The second-order valence-electron chi connectivity index (χ2n) is 6.63. The van der Waals surface area contributed by atoms with Crippen LogP contribution < -0.4 is 0 Å². The molecule has 0 aliphatic rings. The van der Waals surface area contributed by atoms with E-state index < -0.39 is 35.8 Å². The third kappa shape index (κ3) is 6.57. The first kappa shape index (κ1) is 24.4. The number of carbonyl (C=O) groups excluding carboxylic acids is 3. The molecule has 0 saturated carbocycles. The highest BCUT2D eigenvalue weighted by Crippen LogP contribution is 2.27. The van der Waals surface area contributed by atoms with Crippen LogP contribution in [0.15, 0.2) is 60.7 Å². The fraction of sp³-hybridized carbons (Fsp3) is 0.261. The Hall–Kier alpha value is -2.83. The van der Waals surface area contributed by atoms with Crippen molar-refractivity contribution in [2.24, 2.45) is 11.8 Å². The largest absolute Gasteiger partial charge is 0.468 e. The maximum absolute atomic E-state index is 12.7. The molecule has 0 radical (unpaired) electrons. The van der Waals surface area contributed by atoms with E-state index in [0.717, 1.165) is 0 Å². The minimum atomic E-state index is -1.15. The van der Waals surface area contributed by atoms with Crippen molar-refractivity contribution in [2.45, 2.75) is 13.0 Å². The molecule has 0 saturated heterocycles. The van der Waals surface area contributed by atoms with Gasteiger partial charge in [0, 0.05) is 5.02 Å². The quantitative estimate of drug-likeness (QED) is 0.235. The van der Waals surface area contributed by atoms with E-state index in [0.29, 0.717) is 10.6 Å². The van der Waals surface area contributed by atoms with Crippen LogP contribution in [0, 0.1) is 11.8 Å². The predicted octanol–water partition coefficient (Wildman–Crippen LogP) is 5.05. The van der Waals surface area contributed by atoms with Crippen LogP contribution in [0.1, 0.15) is 28.9 Å². The summed E-state index contributed by atoms with van der Waals surface area (Å²) in [6.45, 7) is 1.66. The van der Waals surface area contributed by atoms with Gasteiger partial charge in [0.2, 0.25) is 0 Å². The zero-order valence-corrected chi connectivity index (χ0v) is 18.7. The van der Waals surface area contributed by atoms with Gasteiger partial charge in [-0.3, -0.25) is 9.59 Å². The average Bonchev–Trinajstić information content (AvgIpc) is 2.76. The Bertz CT molecular complexity index is 942. The normalized spacial score (nSPS) is 13.0. The number of hydrogen-bond acceptors (Lipinski definition) is 6. The molecule has 0 aromatic heterocycles. The second-order valence-corrected chi connectivity index (χ2v) is 7.47. The van der Waals surface area contributed by atoms with Crippen LogP contribution in [0.3, 0.4) is 0 Å². The summed E-state index contributed by atoms with van der Waals surface area (Å²) in [5.41, 5.74) is 0.854. The van der Waals surface area contributed by atoms with Gasteiger partial charge in [0.05, 0.1) is 24.8 Å². The van der Waals surface area contributed by atoms with Crippen molar-refractivity contribution >= 4 is 41.1 Å². The number of esters is 3. The number of benzene rings is 2. The van der Waals surface area contributed by atoms with E-state index in [1.165, 1.54) is 32.4 Å². The molecule has 0 bridgehead atoms. The lowest BCUT2D eigenvalue weighted by atomic mass is 9.92. The average molecular weight is 465 g/mol. The summed E-state index contributed by atoms with van der Waals surface area (Å²) < 4.78 is 15.1. The summed E-state index contributed by atoms with van der Waals surface area (Å²) >= 11 is 12.0. The molecule has 0 unspecified atom stereocenters. The molecule has 0 fully saturated rings. The number of methoxy groups -OCH3 is 2. The van der Waals surface area contributed by atoms with Gasteiger partial charge in [-0.1, -0.05) is 66.5 Å². The van der Waals surface area contributed by atoms with Crippen LogP contribution in [0.4, 0.5) is 0 Å². The van der Waals surface area contributed by atoms with Crippen molar-refractivity contribution in [3.05, 3.63) is 81.9 Å². The van der Waals surface area contributed by atoms with E-state index in [4.69, 9.17) is 37.4 Å². The van der Waals surface area contributed by atoms with E-state index in [-0.39, 0.29) is 10.6 Å². The Kier molecular flexibility index (Phi) is 9.09. The lowest BCUT2D eigenvalue weighted by molar-refractivity contribution is -0.160. The number of allylic oxidation sites excluding steroid dienone is 1. The third-order valence-corrected chi connectivity index (χ3v) is 5.09. The van der Waals surface area contributed by atoms with E-state index in [1.807, 2.05) is 6.07 Å². The molecule has 31 heavy (non-hydrogen) atoms. The molecular formula is C23H22Cl2O6. The van der Waals surface area contributed by atoms with Crippen molar-refractivity contribution in [1.29, 1.82) is 0 Å². The van der Waals surface area contributed by atoms with E-state index in [2.05, 4.69) is 0 Å². The molecule has 2 rings (SSSR count). The number of carbonyl (C=O) groups is 3. The van der Waals surface area contributed by atoms with Gasteiger partial charge in [-0.15, -0.1) is 0 Å². The molecule has 6 nitrogen and oxygen atoms in total. The smallest absolute Gasteiger partial charge is 0.340 e. The summed E-state index contributed by atoms with van der Waals surface area (Å²) in [4.78, 5) is 36.8.